The lowest BCUT2D eigenvalue weighted by molar-refractivity contribution is -0.138. The molecule has 1 atom stereocenters. The van der Waals surface area contributed by atoms with E-state index in [2.05, 4.69) is 32.7 Å². The maximum Gasteiger partial charge on any atom is 0.326 e. The third-order valence-corrected chi connectivity index (χ3v) is 6.66. The zero-order valence-corrected chi connectivity index (χ0v) is 20.5. The van der Waals surface area contributed by atoms with Gasteiger partial charge in [-0.3, -0.25) is 0 Å². The van der Waals surface area contributed by atoms with Crippen molar-refractivity contribution in [1.82, 2.24) is 15.0 Å². The zero-order valence-electron chi connectivity index (χ0n) is 20.5. The SMILES string of the molecule is CC(C)(C)c1nccc(NC(CCO[C@H]2C[C@H](CCc3ccc4c(n3)NCCC4)C2)C(=O)O)n1. The average Bonchev–Trinajstić information content (AvgIpc) is 2.78. The topological polar surface area (TPSA) is 109 Å². The molecule has 2 aromatic rings. The first-order valence-corrected chi connectivity index (χ1v) is 12.4. The molecule has 2 aromatic heterocycles. The van der Waals surface area contributed by atoms with Crippen LogP contribution in [0.2, 0.25) is 0 Å². The number of ether oxygens (including phenoxy) is 1. The second-order valence-electron chi connectivity index (χ2n) is 10.5. The van der Waals surface area contributed by atoms with Gasteiger partial charge in [0, 0.05) is 36.9 Å². The minimum Gasteiger partial charge on any atom is -0.480 e. The Labute approximate surface area is 202 Å². The molecule has 0 bridgehead atoms. The number of aliphatic carboxylic acids is 1. The van der Waals surface area contributed by atoms with Crippen molar-refractivity contribution in [2.75, 3.05) is 23.8 Å². The quantitative estimate of drug-likeness (QED) is 0.477. The zero-order chi connectivity index (χ0) is 24.1. The second kappa shape index (κ2) is 10.7. The summed E-state index contributed by atoms with van der Waals surface area (Å²) in [5.74, 6) is 2.03. The maximum absolute atomic E-state index is 11.7. The van der Waals surface area contributed by atoms with Crippen molar-refractivity contribution >= 4 is 17.6 Å². The lowest BCUT2D eigenvalue weighted by atomic mass is 9.79. The molecule has 8 nitrogen and oxygen atoms in total. The fourth-order valence-corrected chi connectivity index (χ4v) is 4.50. The van der Waals surface area contributed by atoms with Crippen LogP contribution in [0, 0.1) is 5.92 Å². The summed E-state index contributed by atoms with van der Waals surface area (Å²) < 4.78 is 5.97. The molecule has 1 unspecified atom stereocenters. The van der Waals surface area contributed by atoms with Crippen LogP contribution in [0.3, 0.4) is 0 Å². The highest BCUT2D eigenvalue weighted by Crippen LogP contribution is 2.34. The highest BCUT2D eigenvalue weighted by atomic mass is 16.5. The van der Waals surface area contributed by atoms with Gasteiger partial charge >= 0.3 is 5.97 Å². The van der Waals surface area contributed by atoms with Crippen LogP contribution in [0.25, 0.3) is 0 Å². The van der Waals surface area contributed by atoms with Crippen LogP contribution in [-0.4, -0.2) is 51.3 Å². The van der Waals surface area contributed by atoms with E-state index in [1.807, 2.05) is 20.8 Å². The maximum atomic E-state index is 11.7. The molecule has 34 heavy (non-hydrogen) atoms. The lowest BCUT2D eigenvalue weighted by Crippen LogP contribution is -2.35. The van der Waals surface area contributed by atoms with Gasteiger partial charge in [-0.25, -0.2) is 19.7 Å². The molecule has 0 aromatic carbocycles. The van der Waals surface area contributed by atoms with Crippen molar-refractivity contribution in [3.05, 3.63) is 41.5 Å². The van der Waals surface area contributed by atoms with Crippen LogP contribution < -0.4 is 10.6 Å². The number of hydrogen-bond donors (Lipinski definition) is 3. The largest absolute Gasteiger partial charge is 0.480 e. The predicted octanol–water partition coefficient (Wildman–Crippen LogP) is 4.21. The van der Waals surface area contributed by atoms with Gasteiger partial charge in [-0.2, -0.15) is 0 Å². The lowest BCUT2D eigenvalue weighted by Gasteiger charge is -2.35. The summed E-state index contributed by atoms with van der Waals surface area (Å²) in [4.78, 5) is 25.3. The predicted molar refractivity (Wildman–Crippen MR) is 132 cm³/mol. The molecule has 3 heterocycles. The van der Waals surface area contributed by atoms with Crippen molar-refractivity contribution in [2.24, 2.45) is 5.92 Å². The van der Waals surface area contributed by atoms with Crippen LogP contribution in [0.5, 0.6) is 0 Å². The van der Waals surface area contributed by atoms with Gasteiger partial charge in [-0.05, 0) is 62.1 Å². The molecular weight excluding hydrogens is 430 g/mol. The van der Waals surface area contributed by atoms with E-state index in [9.17, 15) is 9.90 Å². The monoisotopic (exact) mass is 467 g/mol. The molecule has 1 aliphatic carbocycles. The number of hydrogen-bond acceptors (Lipinski definition) is 7. The second-order valence-corrected chi connectivity index (χ2v) is 10.5. The van der Waals surface area contributed by atoms with Gasteiger partial charge in [0.1, 0.15) is 23.5 Å². The first kappa shape index (κ1) is 24.4. The van der Waals surface area contributed by atoms with Gasteiger partial charge in [-0.1, -0.05) is 26.8 Å². The third-order valence-electron chi connectivity index (χ3n) is 6.66. The fourth-order valence-electron chi connectivity index (χ4n) is 4.50. The smallest absolute Gasteiger partial charge is 0.326 e. The van der Waals surface area contributed by atoms with Crippen molar-refractivity contribution in [1.29, 1.82) is 0 Å². The molecule has 0 amide bonds. The Morgan fingerprint density at radius 1 is 1.26 bits per heavy atom. The average molecular weight is 468 g/mol. The van der Waals surface area contributed by atoms with Crippen LogP contribution in [-0.2, 0) is 27.8 Å². The number of nitrogens with zero attached hydrogens (tertiary/aromatic N) is 3. The van der Waals surface area contributed by atoms with Crippen LogP contribution in [0.15, 0.2) is 24.4 Å². The first-order chi connectivity index (χ1) is 16.3. The first-order valence-electron chi connectivity index (χ1n) is 12.4. The highest BCUT2D eigenvalue weighted by molar-refractivity contribution is 5.76. The Hall–Kier alpha value is -2.74. The molecule has 8 heteroatoms. The van der Waals surface area contributed by atoms with E-state index in [1.54, 1.807) is 12.3 Å². The van der Waals surface area contributed by atoms with Crippen LogP contribution >= 0.6 is 0 Å². The van der Waals surface area contributed by atoms with Gasteiger partial charge in [0.2, 0.25) is 0 Å². The minimum absolute atomic E-state index is 0.201. The minimum atomic E-state index is -0.905. The van der Waals surface area contributed by atoms with E-state index < -0.39 is 12.0 Å². The van der Waals surface area contributed by atoms with E-state index in [0.29, 0.717) is 30.6 Å². The van der Waals surface area contributed by atoms with Gasteiger partial charge in [-0.15, -0.1) is 0 Å². The standard InChI is InChI=1S/C26H37N5O3/c1-26(2,3)25-28-13-10-22(31-25)30-21(24(32)33)11-14-34-20-15-17(16-20)6-8-19-9-7-18-5-4-12-27-23(18)29-19/h7,9-10,13,17,20-21H,4-6,8,11-12,14-16H2,1-3H3,(H,27,29)(H,32,33)(H,28,30,31)/t17-,20-,21?. The Morgan fingerprint density at radius 2 is 2.09 bits per heavy atom. The van der Waals surface area contributed by atoms with Gasteiger partial charge in [0.25, 0.3) is 0 Å². The van der Waals surface area contributed by atoms with Crippen molar-refractivity contribution in [2.45, 2.75) is 83.3 Å². The number of carboxylic acid groups (broad SMARTS) is 1. The molecule has 1 aliphatic heterocycles. The van der Waals surface area contributed by atoms with E-state index in [1.165, 1.54) is 12.0 Å². The summed E-state index contributed by atoms with van der Waals surface area (Å²) in [5.41, 5.74) is 2.29. The Kier molecular flexibility index (Phi) is 7.66. The number of aromatic nitrogens is 3. The fraction of sp³-hybridized carbons (Fsp3) is 0.615. The highest BCUT2D eigenvalue weighted by Gasteiger charge is 2.30. The summed E-state index contributed by atoms with van der Waals surface area (Å²) in [6.07, 6.45) is 8.76. The number of pyridine rings is 1. The molecular formula is C26H37N5O3. The normalized spacial score (nSPS) is 20.6. The number of carbonyl (C=O) groups is 1. The van der Waals surface area contributed by atoms with Crippen molar-refractivity contribution in [3.63, 3.8) is 0 Å². The van der Waals surface area contributed by atoms with E-state index >= 15 is 0 Å². The Balaban J connectivity index is 1.16. The number of anilines is 2. The molecule has 0 spiro atoms. The molecule has 3 N–H and O–H groups in total. The van der Waals surface area contributed by atoms with E-state index in [0.717, 1.165) is 50.2 Å². The van der Waals surface area contributed by atoms with Crippen LogP contribution in [0.4, 0.5) is 11.6 Å². The molecule has 1 fully saturated rings. The van der Waals surface area contributed by atoms with Crippen molar-refractivity contribution < 1.29 is 14.6 Å². The Morgan fingerprint density at radius 3 is 2.85 bits per heavy atom. The molecule has 1 saturated carbocycles. The molecule has 0 radical (unpaired) electrons. The molecule has 184 valence electrons. The molecule has 4 rings (SSSR count). The summed E-state index contributed by atoms with van der Waals surface area (Å²) in [5, 5.41) is 16.1. The molecule has 0 saturated heterocycles. The number of rotatable bonds is 10. The number of fused-ring (bicyclic) bond motifs is 1. The van der Waals surface area contributed by atoms with Gasteiger partial charge in [0.15, 0.2) is 0 Å². The number of carboxylic acids is 1. The van der Waals surface area contributed by atoms with E-state index in [4.69, 9.17) is 9.72 Å². The number of aryl methyl sites for hydroxylation is 2. The van der Waals surface area contributed by atoms with E-state index in [-0.39, 0.29) is 11.5 Å². The van der Waals surface area contributed by atoms with Gasteiger partial charge < -0.3 is 20.5 Å². The van der Waals surface area contributed by atoms with Crippen LogP contribution in [0.1, 0.15) is 70.0 Å². The number of nitrogens with one attached hydrogen (secondary N) is 2. The summed E-state index contributed by atoms with van der Waals surface area (Å²) in [6, 6.07) is 5.34. The summed E-state index contributed by atoms with van der Waals surface area (Å²) >= 11 is 0. The van der Waals surface area contributed by atoms with Gasteiger partial charge in [0.05, 0.1) is 6.10 Å². The molecule has 2 aliphatic rings. The summed E-state index contributed by atoms with van der Waals surface area (Å²) in [6.45, 7) is 7.51. The third kappa shape index (κ3) is 6.44. The Bertz CT molecular complexity index is 985. The van der Waals surface area contributed by atoms with Crippen molar-refractivity contribution in [3.8, 4) is 0 Å². The summed E-state index contributed by atoms with van der Waals surface area (Å²) in [7, 11) is 0.